The molecule has 10 aromatic carbocycles. The molecule has 1 nitrogen and oxygen atoms in total. The van der Waals surface area contributed by atoms with E-state index in [9.17, 15) is 0 Å². The van der Waals surface area contributed by atoms with Crippen LogP contribution in [0.15, 0.2) is 309 Å². The van der Waals surface area contributed by atoms with Crippen molar-refractivity contribution in [3.63, 3.8) is 0 Å². The monoisotopic (exact) mass is 971 g/mol. The lowest BCUT2D eigenvalue weighted by atomic mass is 9.50. The van der Waals surface area contributed by atoms with Crippen molar-refractivity contribution in [3.8, 4) is 44.5 Å². The SMILES string of the molecule is C\C=C/C(=C\C=C\c1ccc2c(c1)C1(c3ccccc3-2)c2ccccc2C(C2=CC=CCC2)(c2ccccc2)c2ccccc21)N(c1ccc(-c2ccc(-c3ccccc3)cc2)cc1)c1ccccc1-c1ccccc1. The maximum absolute atomic E-state index is 2.48. The van der Waals surface area contributed by atoms with Crippen molar-refractivity contribution in [2.24, 2.45) is 0 Å². The molecule has 0 saturated heterocycles. The number of benzene rings is 10. The van der Waals surface area contributed by atoms with E-state index in [1.807, 2.05) is 0 Å². The minimum absolute atomic E-state index is 0.465. The number of para-hydroxylation sites is 1. The van der Waals surface area contributed by atoms with Gasteiger partial charge in [-0.25, -0.2) is 0 Å². The van der Waals surface area contributed by atoms with Crippen LogP contribution in [-0.4, -0.2) is 0 Å². The summed E-state index contributed by atoms with van der Waals surface area (Å²) in [5.74, 6) is 0. The van der Waals surface area contributed by atoms with Crippen molar-refractivity contribution < 1.29 is 0 Å². The van der Waals surface area contributed by atoms with E-state index in [-0.39, 0.29) is 0 Å². The average Bonchev–Trinajstić information content (AvgIpc) is 3.92. The van der Waals surface area contributed by atoms with Crippen LogP contribution in [0, 0.1) is 0 Å². The molecule has 13 rings (SSSR count). The summed E-state index contributed by atoms with van der Waals surface area (Å²) in [6.45, 7) is 2.10. The topological polar surface area (TPSA) is 3.24 Å². The maximum Gasteiger partial charge on any atom is 0.0720 e. The van der Waals surface area contributed by atoms with Gasteiger partial charge in [0.05, 0.1) is 16.5 Å². The Labute approximate surface area is 448 Å². The second-order valence-electron chi connectivity index (χ2n) is 20.1. The Morgan fingerprint density at radius 3 is 1.54 bits per heavy atom. The van der Waals surface area contributed by atoms with Crippen LogP contribution in [0.1, 0.15) is 64.3 Å². The summed E-state index contributed by atoms with van der Waals surface area (Å²) in [5, 5.41) is 0. The Morgan fingerprint density at radius 2 is 0.934 bits per heavy atom. The minimum Gasteiger partial charge on any atom is -0.310 e. The van der Waals surface area contributed by atoms with Crippen LogP contribution in [0.2, 0.25) is 0 Å². The van der Waals surface area contributed by atoms with Gasteiger partial charge in [0.1, 0.15) is 0 Å². The van der Waals surface area contributed by atoms with Crippen molar-refractivity contribution >= 4 is 17.5 Å². The Balaban J connectivity index is 0.940. The van der Waals surface area contributed by atoms with Crippen LogP contribution < -0.4 is 4.90 Å². The molecule has 0 saturated carbocycles. The molecule has 0 radical (unpaired) electrons. The van der Waals surface area contributed by atoms with Gasteiger partial charge in [0.25, 0.3) is 0 Å². The van der Waals surface area contributed by atoms with E-state index in [0.29, 0.717) is 0 Å². The fourth-order valence-electron chi connectivity index (χ4n) is 12.9. The predicted molar refractivity (Wildman–Crippen MR) is 320 cm³/mol. The zero-order chi connectivity index (χ0) is 50.9. The van der Waals surface area contributed by atoms with E-state index in [1.165, 1.54) is 83.5 Å². The molecule has 76 heavy (non-hydrogen) atoms. The van der Waals surface area contributed by atoms with Gasteiger partial charge in [0, 0.05) is 16.9 Å². The van der Waals surface area contributed by atoms with Gasteiger partial charge in [0.2, 0.25) is 0 Å². The van der Waals surface area contributed by atoms with E-state index in [0.717, 1.165) is 41.0 Å². The summed E-state index contributed by atoms with van der Waals surface area (Å²) < 4.78 is 0. The largest absolute Gasteiger partial charge is 0.310 e. The third-order valence-corrected chi connectivity index (χ3v) is 16.1. The minimum atomic E-state index is -0.549. The standard InChI is InChI=1S/C75H57N/c1-2-24-62(76(73-42-22-16-35-64(73)59-28-9-4-10-29-59)63-50-48-58(49-51-63)57-46-44-56(45-47-57)55-26-7-3-8-27-55)34-23-25-54-43-52-66-65-36-15-17-37-67(65)75(72(66)53-54)70-40-20-18-38-68(70)74(60-30-11-5-12-31-60,61-32-13-6-14-33-61)69-39-19-21-41-71(69)75/h2-13,15-32,34-53H,14,33H2,1H3/b24-2-,25-23+,62-34+. The molecule has 3 aliphatic carbocycles. The summed E-state index contributed by atoms with van der Waals surface area (Å²) in [6, 6.07) is 94.3. The zero-order valence-electron chi connectivity index (χ0n) is 42.7. The van der Waals surface area contributed by atoms with Gasteiger partial charge in [-0.3, -0.25) is 0 Å². The lowest BCUT2D eigenvalue weighted by molar-refractivity contribution is 0.595. The van der Waals surface area contributed by atoms with Gasteiger partial charge in [-0.2, -0.15) is 0 Å². The highest BCUT2D eigenvalue weighted by atomic mass is 15.1. The maximum atomic E-state index is 2.48. The first-order valence-electron chi connectivity index (χ1n) is 26.8. The molecule has 0 bridgehead atoms. The first-order chi connectivity index (χ1) is 37.7. The highest BCUT2D eigenvalue weighted by molar-refractivity contribution is 5.91. The smallest absolute Gasteiger partial charge is 0.0720 e. The van der Waals surface area contributed by atoms with E-state index in [1.54, 1.807) is 0 Å². The third kappa shape index (κ3) is 7.70. The molecule has 1 heteroatoms. The predicted octanol–water partition coefficient (Wildman–Crippen LogP) is 19.3. The fraction of sp³-hybridized carbons (Fsp3) is 0.0667. The van der Waals surface area contributed by atoms with Crippen molar-refractivity contribution in [3.05, 3.63) is 353 Å². The molecule has 362 valence electrons. The van der Waals surface area contributed by atoms with Crippen LogP contribution in [0.5, 0.6) is 0 Å². The molecule has 1 spiro atoms. The van der Waals surface area contributed by atoms with Gasteiger partial charge in [-0.1, -0.05) is 273 Å². The first-order valence-corrected chi connectivity index (χ1v) is 26.8. The molecule has 3 aliphatic rings. The number of hydrogen-bond acceptors (Lipinski definition) is 1. The van der Waals surface area contributed by atoms with E-state index >= 15 is 0 Å². The molecule has 0 heterocycles. The Kier molecular flexibility index (Phi) is 12.1. The number of fused-ring (bicyclic) bond motifs is 9. The average molecular weight is 972 g/mol. The van der Waals surface area contributed by atoms with E-state index in [2.05, 4.69) is 315 Å². The Hall–Kier alpha value is -9.30. The quantitative estimate of drug-likeness (QED) is 0.117. The lowest BCUT2D eigenvalue weighted by Crippen LogP contribution is -2.45. The van der Waals surface area contributed by atoms with Crippen LogP contribution in [-0.2, 0) is 10.8 Å². The molecule has 0 N–H and O–H groups in total. The van der Waals surface area contributed by atoms with Gasteiger partial charge in [0.15, 0.2) is 0 Å². The molecule has 10 aromatic rings. The van der Waals surface area contributed by atoms with E-state index < -0.39 is 10.8 Å². The fourth-order valence-corrected chi connectivity index (χ4v) is 12.9. The molecule has 0 unspecified atom stereocenters. The first kappa shape index (κ1) is 46.5. The van der Waals surface area contributed by atoms with Crippen LogP contribution in [0.4, 0.5) is 11.4 Å². The zero-order valence-corrected chi connectivity index (χ0v) is 42.7. The number of rotatable bonds is 11. The Bertz CT molecular complexity index is 3860. The highest BCUT2D eigenvalue weighted by Gasteiger charge is 2.57. The lowest BCUT2D eigenvalue weighted by Gasteiger charge is -2.51. The summed E-state index contributed by atoms with van der Waals surface area (Å²) in [5.41, 5.74) is 23.9. The molecular formula is C75H57N. The number of anilines is 2. The van der Waals surface area contributed by atoms with Gasteiger partial charge >= 0.3 is 0 Å². The van der Waals surface area contributed by atoms with Crippen LogP contribution in [0.3, 0.4) is 0 Å². The highest BCUT2D eigenvalue weighted by Crippen LogP contribution is 2.65. The van der Waals surface area contributed by atoms with Crippen LogP contribution in [0.25, 0.3) is 50.6 Å². The molecule has 0 aromatic heterocycles. The Morgan fingerprint density at radius 1 is 0.434 bits per heavy atom. The number of allylic oxidation sites excluding steroid dienone is 8. The van der Waals surface area contributed by atoms with Crippen molar-refractivity contribution in [2.45, 2.75) is 30.6 Å². The van der Waals surface area contributed by atoms with E-state index in [4.69, 9.17) is 0 Å². The summed E-state index contributed by atoms with van der Waals surface area (Å²) >= 11 is 0. The van der Waals surface area contributed by atoms with Gasteiger partial charge in [-0.05, 0) is 140 Å². The van der Waals surface area contributed by atoms with Crippen LogP contribution >= 0.6 is 0 Å². The van der Waals surface area contributed by atoms with Gasteiger partial charge in [-0.15, -0.1) is 0 Å². The third-order valence-electron chi connectivity index (χ3n) is 16.1. The molecule has 0 aliphatic heterocycles. The van der Waals surface area contributed by atoms with Crippen molar-refractivity contribution in [1.29, 1.82) is 0 Å². The van der Waals surface area contributed by atoms with Crippen molar-refractivity contribution in [2.75, 3.05) is 4.90 Å². The second kappa shape index (κ2) is 19.9. The number of nitrogens with zero attached hydrogens (tertiary/aromatic N) is 1. The van der Waals surface area contributed by atoms with Gasteiger partial charge < -0.3 is 4.90 Å². The summed E-state index contributed by atoms with van der Waals surface area (Å²) in [7, 11) is 0. The molecule has 0 amide bonds. The molecule has 0 fully saturated rings. The molecular weight excluding hydrogens is 915 g/mol. The van der Waals surface area contributed by atoms with Crippen molar-refractivity contribution in [1.82, 2.24) is 0 Å². The second-order valence-corrected chi connectivity index (χ2v) is 20.1. The number of hydrogen-bond donors (Lipinski definition) is 0. The molecule has 0 atom stereocenters. The summed E-state index contributed by atoms with van der Waals surface area (Å²) in [6.07, 6.45) is 20.2. The summed E-state index contributed by atoms with van der Waals surface area (Å²) in [4.78, 5) is 2.40. The normalized spacial score (nSPS) is 17.3.